The molecule has 1 N–H and O–H groups in total. The summed E-state index contributed by atoms with van der Waals surface area (Å²) in [7, 11) is 0. The van der Waals surface area contributed by atoms with Crippen molar-refractivity contribution in [1.82, 2.24) is 10.2 Å². The molecule has 2 saturated heterocycles. The van der Waals surface area contributed by atoms with E-state index in [9.17, 15) is 0 Å². The highest BCUT2D eigenvalue weighted by Gasteiger charge is 2.39. The summed E-state index contributed by atoms with van der Waals surface area (Å²) in [4.78, 5) is 2.66. The Hall–Kier alpha value is 0.230. The summed E-state index contributed by atoms with van der Waals surface area (Å²) in [5.74, 6) is 1.26. The minimum absolute atomic E-state index is 0.187. The number of hydrogen-bond acceptors (Lipinski definition) is 4. The van der Waals surface area contributed by atoms with Crippen LogP contribution >= 0.6 is 11.8 Å². The van der Waals surface area contributed by atoms with Gasteiger partial charge in [0.1, 0.15) is 0 Å². The summed E-state index contributed by atoms with van der Waals surface area (Å²) in [6, 6.07) is 0. The molecule has 1 unspecified atom stereocenters. The van der Waals surface area contributed by atoms with E-state index in [-0.39, 0.29) is 5.54 Å². The van der Waals surface area contributed by atoms with Crippen LogP contribution in [0.3, 0.4) is 0 Å². The molecule has 3 nitrogen and oxygen atoms in total. The summed E-state index contributed by atoms with van der Waals surface area (Å²) in [5, 5.41) is 3.70. The Labute approximate surface area is 129 Å². The molecule has 0 saturated carbocycles. The minimum Gasteiger partial charge on any atom is -0.381 e. The third kappa shape index (κ3) is 4.90. The van der Waals surface area contributed by atoms with Crippen molar-refractivity contribution in [2.75, 3.05) is 45.1 Å². The SMILES string of the molecule is CC(C)(C)NCC1(CN2CCSC(C)(C)C2)CCOC1. The van der Waals surface area contributed by atoms with Gasteiger partial charge < -0.3 is 15.0 Å². The van der Waals surface area contributed by atoms with Crippen LogP contribution in [0.2, 0.25) is 0 Å². The molecule has 2 aliphatic rings. The average Bonchev–Trinajstić information content (AvgIpc) is 2.73. The van der Waals surface area contributed by atoms with Crippen molar-refractivity contribution in [3.05, 3.63) is 0 Å². The lowest BCUT2D eigenvalue weighted by Gasteiger charge is -2.42. The van der Waals surface area contributed by atoms with Gasteiger partial charge in [-0.3, -0.25) is 0 Å². The summed E-state index contributed by atoms with van der Waals surface area (Å²) in [5.41, 5.74) is 0.498. The zero-order valence-electron chi connectivity index (χ0n) is 13.9. The first-order valence-electron chi connectivity index (χ1n) is 7.89. The third-order valence-electron chi connectivity index (χ3n) is 4.24. The minimum atomic E-state index is 0.187. The van der Waals surface area contributed by atoms with E-state index < -0.39 is 0 Å². The quantitative estimate of drug-likeness (QED) is 0.862. The molecular weight excluding hydrogens is 268 g/mol. The summed E-state index contributed by atoms with van der Waals surface area (Å²) in [6.45, 7) is 18.0. The van der Waals surface area contributed by atoms with Gasteiger partial charge >= 0.3 is 0 Å². The lowest BCUT2D eigenvalue weighted by Crippen LogP contribution is -2.52. The fourth-order valence-electron chi connectivity index (χ4n) is 3.15. The van der Waals surface area contributed by atoms with E-state index in [0.717, 1.165) is 19.8 Å². The van der Waals surface area contributed by atoms with Crippen molar-refractivity contribution in [2.24, 2.45) is 5.41 Å². The maximum absolute atomic E-state index is 5.75. The Morgan fingerprint density at radius 2 is 2.05 bits per heavy atom. The van der Waals surface area contributed by atoms with Crippen LogP contribution in [0, 0.1) is 5.41 Å². The Balaban J connectivity index is 1.95. The second kappa shape index (κ2) is 6.15. The molecule has 118 valence electrons. The first-order valence-corrected chi connectivity index (χ1v) is 8.88. The molecule has 20 heavy (non-hydrogen) atoms. The van der Waals surface area contributed by atoms with Gasteiger partial charge in [-0.15, -0.1) is 0 Å². The summed E-state index contributed by atoms with van der Waals surface area (Å²) >= 11 is 2.11. The van der Waals surface area contributed by atoms with Gasteiger partial charge in [0.05, 0.1) is 6.61 Å². The van der Waals surface area contributed by atoms with Crippen molar-refractivity contribution >= 4 is 11.8 Å². The van der Waals surface area contributed by atoms with Gasteiger partial charge in [0.25, 0.3) is 0 Å². The van der Waals surface area contributed by atoms with Gasteiger partial charge in [-0.2, -0.15) is 11.8 Å². The van der Waals surface area contributed by atoms with E-state index in [2.05, 4.69) is 56.6 Å². The van der Waals surface area contributed by atoms with Gasteiger partial charge in [-0.25, -0.2) is 0 Å². The average molecular weight is 301 g/mol. The van der Waals surface area contributed by atoms with Crippen molar-refractivity contribution in [1.29, 1.82) is 0 Å². The van der Waals surface area contributed by atoms with E-state index in [1.165, 1.54) is 31.8 Å². The second-order valence-electron chi connectivity index (χ2n) is 8.22. The van der Waals surface area contributed by atoms with Crippen molar-refractivity contribution in [3.8, 4) is 0 Å². The van der Waals surface area contributed by atoms with E-state index in [4.69, 9.17) is 4.74 Å². The lowest BCUT2D eigenvalue weighted by molar-refractivity contribution is 0.100. The van der Waals surface area contributed by atoms with Gasteiger partial charge in [0, 0.05) is 54.2 Å². The monoisotopic (exact) mass is 300 g/mol. The van der Waals surface area contributed by atoms with Gasteiger partial charge in [-0.05, 0) is 41.0 Å². The van der Waals surface area contributed by atoms with E-state index >= 15 is 0 Å². The van der Waals surface area contributed by atoms with Gasteiger partial charge in [0.2, 0.25) is 0 Å². The second-order valence-corrected chi connectivity index (χ2v) is 10.0. The Morgan fingerprint density at radius 3 is 2.60 bits per heavy atom. The fraction of sp³-hybridized carbons (Fsp3) is 1.00. The number of nitrogens with zero attached hydrogens (tertiary/aromatic N) is 1. The molecule has 0 bridgehead atoms. The Morgan fingerprint density at radius 1 is 1.30 bits per heavy atom. The van der Waals surface area contributed by atoms with Crippen LogP contribution < -0.4 is 5.32 Å². The normalized spacial score (nSPS) is 31.6. The molecule has 2 heterocycles. The topological polar surface area (TPSA) is 24.5 Å². The van der Waals surface area contributed by atoms with Crippen LogP contribution in [-0.4, -0.2) is 60.3 Å². The van der Waals surface area contributed by atoms with E-state index in [0.29, 0.717) is 10.2 Å². The van der Waals surface area contributed by atoms with Gasteiger partial charge in [0.15, 0.2) is 0 Å². The smallest absolute Gasteiger partial charge is 0.0547 e. The first-order chi connectivity index (χ1) is 9.20. The number of rotatable bonds is 4. The van der Waals surface area contributed by atoms with Gasteiger partial charge in [-0.1, -0.05) is 0 Å². The number of ether oxygens (including phenoxy) is 1. The van der Waals surface area contributed by atoms with Crippen LogP contribution in [-0.2, 0) is 4.74 Å². The zero-order chi connectivity index (χ0) is 14.9. The van der Waals surface area contributed by atoms with Crippen LogP contribution in [0.4, 0.5) is 0 Å². The molecule has 0 aromatic carbocycles. The summed E-state index contributed by atoms with van der Waals surface area (Å²) in [6.07, 6.45) is 1.19. The highest BCUT2D eigenvalue weighted by atomic mass is 32.2. The highest BCUT2D eigenvalue weighted by molar-refractivity contribution is 8.00. The van der Waals surface area contributed by atoms with E-state index in [1.54, 1.807) is 0 Å². The zero-order valence-corrected chi connectivity index (χ0v) is 14.7. The van der Waals surface area contributed by atoms with Crippen LogP contribution in [0.5, 0.6) is 0 Å². The van der Waals surface area contributed by atoms with Crippen LogP contribution in [0.25, 0.3) is 0 Å². The molecule has 0 aromatic rings. The predicted octanol–water partition coefficient (Wildman–Crippen LogP) is 2.61. The maximum Gasteiger partial charge on any atom is 0.0547 e. The molecular formula is C16H32N2OS. The molecule has 0 radical (unpaired) electrons. The number of thioether (sulfide) groups is 1. The molecule has 2 fully saturated rings. The number of nitrogens with one attached hydrogen (secondary N) is 1. The number of hydrogen-bond donors (Lipinski definition) is 1. The molecule has 0 amide bonds. The molecule has 0 aliphatic carbocycles. The van der Waals surface area contributed by atoms with Crippen LogP contribution in [0.15, 0.2) is 0 Å². The van der Waals surface area contributed by atoms with Crippen molar-refractivity contribution in [3.63, 3.8) is 0 Å². The van der Waals surface area contributed by atoms with E-state index in [1.807, 2.05) is 0 Å². The fourth-order valence-corrected chi connectivity index (χ4v) is 4.32. The lowest BCUT2D eigenvalue weighted by atomic mass is 9.85. The largest absolute Gasteiger partial charge is 0.381 e. The molecule has 2 aliphatic heterocycles. The standard InChI is InChI=1S/C16H32N2OS/c1-14(2,3)17-10-16(6-8-19-13-16)12-18-7-9-20-15(4,5)11-18/h17H,6-13H2,1-5H3. The molecule has 1 atom stereocenters. The van der Waals surface area contributed by atoms with Crippen molar-refractivity contribution < 1.29 is 4.74 Å². The molecule has 4 heteroatoms. The van der Waals surface area contributed by atoms with Crippen LogP contribution in [0.1, 0.15) is 41.0 Å². The summed E-state index contributed by atoms with van der Waals surface area (Å²) < 4.78 is 6.15. The molecule has 0 aromatic heterocycles. The predicted molar refractivity (Wildman–Crippen MR) is 88.6 cm³/mol. The molecule has 0 spiro atoms. The maximum atomic E-state index is 5.75. The first kappa shape index (κ1) is 16.6. The van der Waals surface area contributed by atoms with Crippen molar-refractivity contribution in [2.45, 2.75) is 51.3 Å². The third-order valence-corrected chi connectivity index (χ3v) is 5.54. The Kier molecular flexibility index (Phi) is 5.11. The Bertz CT molecular complexity index is 319. The molecule has 2 rings (SSSR count). The highest BCUT2D eigenvalue weighted by Crippen LogP contribution is 2.34.